The lowest BCUT2D eigenvalue weighted by Crippen LogP contribution is -2.09. The van der Waals surface area contributed by atoms with E-state index < -0.39 is 0 Å². The third kappa shape index (κ3) is 2.94. The summed E-state index contributed by atoms with van der Waals surface area (Å²) in [6, 6.07) is 13.2. The molecule has 0 aliphatic heterocycles. The molecule has 2 aromatic carbocycles. The molecule has 0 saturated heterocycles. The molecule has 26 heavy (non-hydrogen) atoms. The molecule has 0 radical (unpaired) electrons. The highest BCUT2D eigenvalue weighted by atomic mass is 79.9. The van der Waals surface area contributed by atoms with Gasteiger partial charge in [0, 0.05) is 21.5 Å². The number of hydrogen-bond donors (Lipinski definition) is 0. The highest BCUT2D eigenvalue weighted by Crippen LogP contribution is 2.25. The zero-order valence-electron chi connectivity index (χ0n) is 14.2. The molecule has 0 bridgehead atoms. The van der Waals surface area contributed by atoms with Crippen molar-refractivity contribution in [1.29, 1.82) is 0 Å². The predicted molar refractivity (Wildman–Crippen MR) is 102 cm³/mol. The second-order valence-corrected chi connectivity index (χ2v) is 6.95. The fraction of sp³-hybridized carbons (Fsp3) is 0.158. The first-order valence-corrected chi connectivity index (χ1v) is 8.88. The summed E-state index contributed by atoms with van der Waals surface area (Å²) < 4.78 is 6.31. The highest BCUT2D eigenvalue weighted by Gasteiger charge is 2.13. The molecule has 4 rings (SSSR count). The molecule has 0 N–H and O–H groups in total. The number of nitrogens with zero attached hydrogens (tertiary/aromatic N) is 4. The van der Waals surface area contributed by atoms with Crippen molar-refractivity contribution in [1.82, 2.24) is 20.2 Å². The van der Waals surface area contributed by atoms with Gasteiger partial charge < -0.3 is 4.42 Å². The van der Waals surface area contributed by atoms with Crippen LogP contribution in [0.5, 0.6) is 0 Å². The molecule has 7 heteroatoms. The second kappa shape index (κ2) is 6.49. The van der Waals surface area contributed by atoms with Crippen LogP contribution in [0.15, 0.2) is 56.1 Å². The van der Waals surface area contributed by atoms with E-state index in [1.54, 1.807) is 0 Å². The van der Waals surface area contributed by atoms with E-state index in [0.29, 0.717) is 18.0 Å². The number of aromatic nitrogens is 4. The van der Waals surface area contributed by atoms with Crippen molar-refractivity contribution in [3.8, 4) is 11.4 Å². The minimum atomic E-state index is -0.382. The van der Waals surface area contributed by atoms with Gasteiger partial charge in [0.15, 0.2) is 0 Å². The summed E-state index contributed by atoms with van der Waals surface area (Å²) in [5.41, 5.74) is 3.93. The third-order valence-electron chi connectivity index (χ3n) is 4.40. The maximum atomic E-state index is 12.0. The summed E-state index contributed by atoms with van der Waals surface area (Å²) in [4.78, 5) is 13.5. The number of halogens is 1. The first-order valence-electron chi connectivity index (χ1n) is 8.08. The predicted octanol–water partition coefficient (Wildman–Crippen LogP) is 3.87. The Bertz CT molecular complexity index is 1180. The topological polar surface area (TPSA) is 73.8 Å². The van der Waals surface area contributed by atoms with Crippen LogP contribution in [0.1, 0.15) is 16.7 Å². The van der Waals surface area contributed by atoms with Gasteiger partial charge in [0.2, 0.25) is 5.82 Å². The largest absolute Gasteiger partial charge is 0.422 e. The van der Waals surface area contributed by atoms with E-state index >= 15 is 0 Å². The van der Waals surface area contributed by atoms with Crippen molar-refractivity contribution >= 4 is 26.9 Å². The van der Waals surface area contributed by atoms with E-state index in [4.69, 9.17) is 4.42 Å². The third-order valence-corrected chi connectivity index (χ3v) is 5.09. The molecule has 2 aromatic heterocycles. The average Bonchev–Trinajstić information content (AvgIpc) is 3.07. The fourth-order valence-electron chi connectivity index (χ4n) is 2.87. The van der Waals surface area contributed by atoms with Crippen LogP contribution in [-0.2, 0) is 6.54 Å². The van der Waals surface area contributed by atoms with Gasteiger partial charge in [0.1, 0.15) is 5.58 Å². The number of tetrazole rings is 1. The summed E-state index contributed by atoms with van der Waals surface area (Å²) in [6.45, 7) is 4.27. The summed E-state index contributed by atoms with van der Waals surface area (Å²) >= 11 is 3.50. The molecular formula is C19H15BrN4O2. The van der Waals surface area contributed by atoms with Crippen LogP contribution < -0.4 is 5.63 Å². The molecule has 0 fully saturated rings. The molecule has 0 saturated carbocycles. The zero-order chi connectivity index (χ0) is 18.3. The number of rotatable bonds is 3. The number of aryl methyl sites for hydroxylation is 2. The van der Waals surface area contributed by atoms with Gasteiger partial charge in [0.25, 0.3) is 0 Å². The molecule has 2 heterocycles. The normalized spacial score (nSPS) is 11.2. The van der Waals surface area contributed by atoms with Crippen LogP contribution in [0.25, 0.3) is 22.4 Å². The van der Waals surface area contributed by atoms with E-state index in [1.807, 2.05) is 50.2 Å². The van der Waals surface area contributed by atoms with E-state index in [1.165, 1.54) is 10.9 Å². The van der Waals surface area contributed by atoms with E-state index in [-0.39, 0.29) is 5.63 Å². The van der Waals surface area contributed by atoms with Gasteiger partial charge in [-0.15, -0.1) is 10.2 Å². The van der Waals surface area contributed by atoms with E-state index in [2.05, 4.69) is 31.3 Å². The Morgan fingerprint density at radius 2 is 1.96 bits per heavy atom. The Hall–Kier alpha value is -2.80. The lowest BCUT2D eigenvalue weighted by Gasteiger charge is -2.08. The maximum Gasteiger partial charge on any atom is 0.336 e. The molecule has 0 spiro atoms. The van der Waals surface area contributed by atoms with Crippen molar-refractivity contribution in [3.05, 3.63) is 74.0 Å². The van der Waals surface area contributed by atoms with Gasteiger partial charge in [-0.3, -0.25) is 0 Å². The Labute approximate surface area is 157 Å². The second-order valence-electron chi connectivity index (χ2n) is 6.10. The monoisotopic (exact) mass is 410 g/mol. The van der Waals surface area contributed by atoms with Crippen molar-refractivity contribution in [3.63, 3.8) is 0 Å². The summed E-state index contributed by atoms with van der Waals surface area (Å²) in [7, 11) is 0. The average molecular weight is 411 g/mol. The molecule has 0 unspecified atom stereocenters. The van der Waals surface area contributed by atoms with Crippen molar-refractivity contribution in [2.24, 2.45) is 0 Å². The van der Waals surface area contributed by atoms with Crippen molar-refractivity contribution in [2.45, 2.75) is 20.4 Å². The van der Waals surface area contributed by atoms with E-state index in [0.717, 1.165) is 32.1 Å². The molecular weight excluding hydrogens is 396 g/mol. The summed E-state index contributed by atoms with van der Waals surface area (Å²) in [5.74, 6) is 0.525. The minimum absolute atomic E-state index is 0.335. The van der Waals surface area contributed by atoms with Gasteiger partial charge in [-0.05, 0) is 47.9 Å². The quantitative estimate of drug-likeness (QED) is 0.479. The van der Waals surface area contributed by atoms with Crippen molar-refractivity contribution < 1.29 is 4.42 Å². The van der Waals surface area contributed by atoms with Crippen LogP contribution in [0, 0.1) is 13.8 Å². The van der Waals surface area contributed by atoms with Crippen molar-refractivity contribution in [2.75, 3.05) is 0 Å². The molecule has 0 atom stereocenters. The molecule has 0 aliphatic rings. The van der Waals surface area contributed by atoms with Crippen LogP contribution >= 0.6 is 15.9 Å². The number of hydrogen-bond acceptors (Lipinski definition) is 5. The Kier molecular flexibility index (Phi) is 4.16. The summed E-state index contributed by atoms with van der Waals surface area (Å²) in [5, 5.41) is 13.6. The maximum absolute atomic E-state index is 12.0. The molecule has 0 aliphatic carbocycles. The lowest BCUT2D eigenvalue weighted by molar-refractivity contribution is 0.543. The Morgan fingerprint density at radius 1 is 1.15 bits per heavy atom. The smallest absolute Gasteiger partial charge is 0.336 e. The molecule has 4 aromatic rings. The van der Waals surface area contributed by atoms with E-state index in [9.17, 15) is 4.79 Å². The minimum Gasteiger partial charge on any atom is -0.422 e. The SMILES string of the molecule is Cc1ccc2c(Cn3nnc(-c4ccccc4Br)n3)cc(=O)oc2c1C. The number of benzene rings is 2. The lowest BCUT2D eigenvalue weighted by atomic mass is 10.0. The Morgan fingerprint density at radius 3 is 2.77 bits per heavy atom. The Balaban J connectivity index is 1.76. The van der Waals surface area contributed by atoms with Gasteiger partial charge in [0.05, 0.1) is 6.54 Å². The van der Waals surface area contributed by atoms with Gasteiger partial charge in [-0.1, -0.05) is 40.2 Å². The molecule has 0 amide bonds. The fourth-order valence-corrected chi connectivity index (χ4v) is 3.33. The zero-order valence-corrected chi connectivity index (χ0v) is 15.8. The summed E-state index contributed by atoms with van der Waals surface area (Å²) in [6.07, 6.45) is 0. The van der Waals surface area contributed by atoms with Crippen LogP contribution in [0.4, 0.5) is 0 Å². The first kappa shape index (κ1) is 16.7. The van der Waals surface area contributed by atoms with Gasteiger partial charge in [-0.25, -0.2) is 4.79 Å². The first-order chi connectivity index (χ1) is 12.5. The molecule has 130 valence electrons. The van der Waals surface area contributed by atoms with Crippen LogP contribution in [0.2, 0.25) is 0 Å². The highest BCUT2D eigenvalue weighted by molar-refractivity contribution is 9.10. The van der Waals surface area contributed by atoms with Crippen LogP contribution in [-0.4, -0.2) is 20.2 Å². The molecule has 6 nitrogen and oxygen atoms in total. The van der Waals surface area contributed by atoms with Gasteiger partial charge >= 0.3 is 5.63 Å². The van der Waals surface area contributed by atoms with Gasteiger partial charge in [-0.2, -0.15) is 4.80 Å². The standard InChI is InChI=1S/C19H15BrN4O2/c1-11-7-8-14-13(9-17(25)26-18(14)12(11)2)10-24-22-19(21-23-24)15-5-3-4-6-16(15)20/h3-9H,10H2,1-2H3. The number of fused-ring (bicyclic) bond motifs is 1. The van der Waals surface area contributed by atoms with Crippen LogP contribution in [0.3, 0.4) is 0 Å².